The third kappa shape index (κ3) is 3.42. The predicted molar refractivity (Wildman–Crippen MR) is 85.8 cm³/mol. The first kappa shape index (κ1) is 15.5. The molecule has 3 nitrogen and oxygen atoms in total. The van der Waals surface area contributed by atoms with Crippen LogP contribution in [0.2, 0.25) is 0 Å². The Bertz CT molecular complexity index is 688. The summed E-state index contributed by atoms with van der Waals surface area (Å²) in [5.41, 5.74) is 7.88. The first-order valence-corrected chi connectivity index (χ1v) is 7.30. The number of nitrogens with one attached hydrogen (secondary N) is 1. The Labute approximate surface area is 131 Å². The van der Waals surface area contributed by atoms with Crippen LogP contribution in [0.25, 0.3) is 0 Å². The second-order valence-electron chi connectivity index (χ2n) is 4.87. The Morgan fingerprint density at radius 1 is 1.33 bits per heavy atom. The summed E-state index contributed by atoms with van der Waals surface area (Å²) in [5, 5.41) is 3.22. The van der Waals surface area contributed by atoms with E-state index < -0.39 is 5.91 Å². The highest BCUT2D eigenvalue weighted by Gasteiger charge is 2.14. The zero-order valence-corrected chi connectivity index (χ0v) is 13.4. The van der Waals surface area contributed by atoms with Gasteiger partial charge in [0.05, 0.1) is 6.04 Å². The maximum Gasteiger partial charge on any atom is 0.249 e. The molecule has 5 heteroatoms. The van der Waals surface area contributed by atoms with E-state index in [-0.39, 0.29) is 11.9 Å². The molecule has 2 aromatic carbocycles. The summed E-state index contributed by atoms with van der Waals surface area (Å²) in [5.74, 6) is -0.758. The van der Waals surface area contributed by atoms with Gasteiger partial charge < -0.3 is 11.1 Å². The first-order valence-electron chi connectivity index (χ1n) is 6.51. The van der Waals surface area contributed by atoms with Crippen LogP contribution in [0.1, 0.15) is 34.5 Å². The molecule has 0 saturated heterocycles. The number of benzene rings is 2. The van der Waals surface area contributed by atoms with Crippen molar-refractivity contribution in [3.63, 3.8) is 0 Å². The van der Waals surface area contributed by atoms with Crippen molar-refractivity contribution in [2.45, 2.75) is 19.9 Å². The molecule has 0 radical (unpaired) electrons. The first-order chi connectivity index (χ1) is 9.90. The third-order valence-corrected chi connectivity index (χ3v) is 3.89. The maximum absolute atomic E-state index is 14.0. The molecule has 0 aromatic heterocycles. The van der Waals surface area contributed by atoms with Crippen LogP contribution >= 0.6 is 15.9 Å². The lowest BCUT2D eigenvalue weighted by Crippen LogP contribution is -2.15. The SMILES string of the molecule is Cc1c(NC(C)c2ccc(Br)cc2F)cccc1C(N)=O. The van der Waals surface area contributed by atoms with Crippen molar-refractivity contribution in [3.8, 4) is 0 Å². The van der Waals surface area contributed by atoms with E-state index in [0.717, 1.165) is 11.3 Å². The molecule has 21 heavy (non-hydrogen) atoms. The summed E-state index contributed by atoms with van der Waals surface area (Å²) in [6.45, 7) is 3.68. The minimum Gasteiger partial charge on any atom is -0.378 e. The lowest BCUT2D eigenvalue weighted by Gasteiger charge is -2.19. The number of halogens is 2. The second-order valence-corrected chi connectivity index (χ2v) is 5.79. The van der Waals surface area contributed by atoms with E-state index in [0.29, 0.717) is 15.6 Å². The van der Waals surface area contributed by atoms with Crippen LogP contribution in [0, 0.1) is 12.7 Å². The van der Waals surface area contributed by atoms with E-state index in [9.17, 15) is 9.18 Å². The summed E-state index contributed by atoms with van der Waals surface area (Å²) >= 11 is 3.24. The van der Waals surface area contributed by atoms with Gasteiger partial charge in [0.2, 0.25) is 5.91 Å². The molecule has 1 amide bonds. The number of hydrogen-bond donors (Lipinski definition) is 2. The number of rotatable bonds is 4. The molecular formula is C16H16BrFN2O. The Morgan fingerprint density at radius 2 is 2.05 bits per heavy atom. The highest BCUT2D eigenvalue weighted by molar-refractivity contribution is 9.10. The van der Waals surface area contributed by atoms with Gasteiger partial charge in [0, 0.05) is 21.3 Å². The number of carbonyl (C=O) groups is 1. The number of anilines is 1. The van der Waals surface area contributed by atoms with Gasteiger partial charge in [0.25, 0.3) is 0 Å². The Hall–Kier alpha value is -1.88. The van der Waals surface area contributed by atoms with Gasteiger partial charge in [0.15, 0.2) is 0 Å². The van der Waals surface area contributed by atoms with E-state index in [1.807, 2.05) is 19.9 Å². The average Bonchev–Trinajstić information content (AvgIpc) is 2.40. The second kappa shape index (κ2) is 6.26. The largest absolute Gasteiger partial charge is 0.378 e. The summed E-state index contributed by atoms with van der Waals surface area (Å²) < 4.78 is 14.7. The van der Waals surface area contributed by atoms with Crippen molar-refractivity contribution < 1.29 is 9.18 Å². The van der Waals surface area contributed by atoms with E-state index in [1.54, 1.807) is 24.3 Å². The molecule has 0 fully saturated rings. The highest BCUT2D eigenvalue weighted by atomic mass is 79.9. The minimum absolute atomic E-state index is 0.236. The molecular weight excluding hydrogens is 335 g/mol. The van der Waals surface area contributed by atoms with Gasteiger partial charge >= 0.3 is 0 Å². The molecule has 0 spiro atoms. The molecule has 0 heterocycles. The normalized spacial score (nSPS) is 12.0. The van der Waals surface area contributed by atoms with Gasteiger partial charge in [-0.05, 0) is 43.7 Å². The van der Waals surface area contributed by atoms with Gasteiger partial charge in [-0.25, -0.2) is 4.39 Å². The molecule has 110 valence electrons. The maximum atomic E-state index is 14.0. The minimum atomic E-state index is -0.473. The highest BCUT2D eigenvalue weighted by Crippen LogP contribution is 2.27. The summed E-state index contributed by atoms with van der Waals surface area (Å²) in [4.78, 5) is 11.4. The topological polar surface area (TPSA) is 55.1 Å². The van der Waals surface area contributed by atoms with E-state index >= 15 is 0 Å². The molecule has 3 N–H and O–H groups in total. The molecule has 1 atom stereocenters. The fourth-order valence-electron chi connectivity index (χ4n) is 2.22. The Kier molecular flexibility index (Phi) is 4.63. The summed E-state index contributed by atoms with van der Waals surface area (Å²) in [6, 6.07) is 9.98. The monoisotopic (exact) mass is 350 g/mol. The van der Waals surface area contributed by atoms with Crippen molar-refractivity contribution >= 4 is 27.5 Å². The number of amides is 1. The van der Waals surface area contributed by atoms with Crippen LogP contribution in [0.4, 0.5) is 10.1 Å². The fourth-order valence-corrected chi connectivity index (χ4v) is 2.56. The third-order valence-electron chi connectivity index (χ3n) is 3.40. The van der Waals surface area contributed by atoms with Gasteiger partial charge in [-0.3, -0.25) is 4.79 Å². The number of carbonyl (C=O) groups excluding carboxylic acids is 1. The van der Waals surface area contributed by atoms with Crippen LogP contribution in [-0.2, 0) is 0 Å². The molecule has 2 aromatic rings. The standard InChI is InChI=1S/C16H16BrFN2O/c1-9-12(16(19)21)4-3-5-15(9)20-10(2)13-7-6-11(17)8-14(13)18/h3-8,10,20H,1-2H3,(H2,19,21). The summed E-state index contributed by atoms with van der Waals surface area (Å²) in [6.07, 6.45) is 0. The molecule has 1 unspecified atom stereocenters. The molecule has 0 bridgehead atoms. The molecule has 0 saturated carbocycles. The fraction of sp³-hybridized carbons (Fsp3) is 0.188. The van der Waals surface area contributed by atoms with Crippen molar-refractivity contribution in [2.75, 3.05) is 5.32 Å². The lowest BCUT2D eigenvalue weighted by atomic mass is 10.0. The number of primary amides is 1. The Balaban J connectivity index is 2.29. The zero-order chi connectivity index (χ0) is 15.6. The van der Waals surface area contributed by atoms with E-state index in [4.69, 9.17) is 5.73 Å². The van der Waals surface area contributed by atoms with Crippen molar-refractivity contribution in [1.82, 2.24) is 0 Å². The molecule has 0 aliphatic heterocycles. The number of nitrogens with two attached hydrogens (primary N) is 1. The van der Waals surface area contributed by atoms with Gasteiger partial charge in [-0.2, -0.15) is 0 Å². The van der Waals surface area contributed by atoms with Crippen molar-refractivity contribution in [1.29, 1.82) is 0 Å². The van der Waals surface area contributed by atoms with Crippen LogP contribution in [0.15, 0.2) is 40.9 Å². The number of hydrogen-bond acceptors (Lipinski definition) is 2. The molecule has 2 rings (SSSR count). The van der Waals surface area contributed by atoms with Gasteiger partial charge in [-0.15, -0.1) is 0 Å². The van der Waals surface area contributed by atoms with Gasteiger partial charge in [0.1, 0.15) is 5.82 Å². The van der Waals surface area contributed by atoms with Crippen LogP contribution < -0.4 is 11.1 Å². The lowest BCUT2D eigenvalue weighted by molar-refractivity contribution is 0.1000. The predicted octanol–water partition coefficient (Wildman–Crippen LogP) is 4.17. The van der Waals surface area contributed by atoms with Gasteiger partial charge in [-0.1, -0.05) is 28.1 Å². The van der Waals surface area contributed by atoms with Crippen LogP contribution in [-0.4, -0.2) is 5.91 Å². The summed E-state index contributed by atoms with van der Waals surface area (Å²) in [7, 11) is 0. The van der Waals surface area contributed by atoms with Crippen LogP contribution in [0.5, 0.6) is 0 Å². The van der Waals surface area contributed by atoms with Crippen LogP contribution in [0.3, 0.4) is 0 Å². The molecule has 0 aliphatic carbocycles. The van der Waals surface area contributed by atoms with E-state index in [2.05, 4.69) is 21.2 Å². The smallest absolute Gasteiger partial charge is 0.249 e. The van der Waals surface area contributed by atoms with Crippen molar-refractivity contribution in [3.05, 3.63) is 63.4 Å². The quantitative estimate of drug-likeness (QED) is 0.869. The Morgan fingerprint density at radius 3 is 2.67 bits per heavy atom. The molecule has 0 aliphatic rings. The van der Waals surface area contributed by atoms with E-state index in [1.165, 1.54) is 6.07 Å². The zero-order valence-electron chi connectivity index (χ0n) is 11.8. The average molecular weight is 351 g/mol. The van der Waals surface area contributed by atoms with Crippen molar-refractivity contribution in [2.24, 2.45) is 5.73 Å².